The van der Waals surface area contributed by atoms with Gasteiger partial charge in [-0.05, 0) is 47.9 Å². The molecule has 4 nitrogen and oxygen atoms in total. The van der Waals surface area contributed by atoms with E-state index < -0.39 is 5.91 Å². The maximum atomic E-state index is 12.1. The van der Waals surface area contributed by atoms with Crippen molar-refractivity contribution >= 4 is 11.8 Å². The molecule has 1 rings (SSSR count). The molecule has 0 spiro atoms. The molecule has 0 aliphatic carbocycles. The van der Waals surface area contributed by atoms with Crippen molar-refractivity contribution in [1.82, 2.24) is 5.32 Å². The minimum absolute atomic E-state index is 0.123. The summed E-state index contributed by atoms with van der Waals surface area (Å²) in [5.41, 5.74) is 6.58. The molecule has 4 heteroatoms. The van der Waals surface area contributed by atoms with Crippen molar-refractivity contribution in [3.8, 4) is 0 Å². The number of hydrogen-bond acceptors (Lipinski definition) is 2. The van der Waals surface area contributed by atoms with Crippen LogP contribution in [0.5, 0.6) is 0 Å². The van der Waals surface area contributed by atoms with Crippen LogP contribution in [-0.4, -0.2) is 18.4 Å². The average molecular weight is 304 g/mol. The van der Waals surface area contributed by atoms with Crippen LogP contribution in [-0.2, 0) is 0 Å². The Bertz CT molecular complexity index is 525. The number of hydrogen-bond donors (Lipinski definition) is 2. The lowest BCUT2D eigenvalue weighted by molar-refractivity contribution is 0.0942. The SMILES string of the molecule is CC(C)(C)CC(C)(C)CCNC(=O)c1ccc(C(N)=O)cc1. The third-order valence-electron chi connectivity index (χ3n) is 3.53. The molecule has 0 fully saturated rings. The third kappa shape index (κ3) is 6.29. The van der Waals surface area contributed by atoms with Gasteiger partial charge in [0.05, 0.1) is 0 Å². The van der Waals surface area contributed by atoms with E-state index in [2.05, 4.69) is 39.9 Å². The molecule has 1 aromatic carbocycles. The molecule has 0 atom stereocenters. The highest BCUT2D eigenvalue weighted by atomic mass is 16.2. The quantitative estimate of drug-likeness (QED) is 0.845. The molecule has 0 heterocycles. The van der Waals surface area contributed by atoms with E-state index in [9.17, 15) is 9.59 Å². The van der Waals surface area contributed by atoms with Crippen LogP contribution in [0.2, 0.25) is 0 Å². The van der Waals surface area contributed by atoms with Crippen molar-refractivity contribution in [2.45, 2.75) is 47.5 Å². The first kappa shape index (κ1) is 18.2. The monoisotopic (exact) mass is 304 g/mol. The summed E-state index contributed by atoms with van der Waals surface area (Å²) in [6.45, 7) is 11.8. The molecule has 0 aromatic heterocycles. The molecule has 0 bridgehead atoms. The molecular weight excluding hydrogens is 276 g/mol. The first-order valence-electron chi connectivity index (χ1n) is 7.68. The second kappa shape index (κ2) is 6.95. The summed E-state index contributed by atoms with van der Waals surface area (Å²) in [7, 11) is 0. The van der Waals surface area contributed by atoms with Crippen LogP contribution >= 0.6 is 0 Å². The molecule has 0 unspecified atom stereocenters. The molecule has 122 valence electrons. The van der Waals surface area contributed by atoms with Crippen LogP contribution in [0.15, 0.2) is 24.3 Å². The van der Waals surface area contributed by atoms with Crippen molar-refractivity contribution in [3.63, 3.8) is 0 Å². The normalized spacial score (nSPS) is 12.0. The number of rotatable bonds is 6. The Morgan fingerprint density at radius 1 is 1.00 bits per heavy atom. The van der Waals surface area contributed by atoms with Crippen LogP contribution in [0.25, 0.3) is 0 Å². The summed E-state index contributed by atoms with van der Waals surface area (Å²) in [5, 5.41) is 2.93. The summed E-state index contributed by atoms with van der Waals surface area (Å²) < 4.78 is 0. The summed E-state index contributed by atoms with van der Waals surface area (Å²) >= 11 is 0. The van der Waals surface area contributed by atoms with Gasteiger partial charge in [0.15, 0.2) is 0 Å². The highest BCUT2D eigenvalue weighted by molar-refractivity contribution is 5.97. The Kier molecular flexibility index (Phi) is 5.75. The second-order valence-corrected chi connectivity index (χ2v) is 7.85. The largest absolute Gasteiger partial charge is 0.366 e. The molecule has 3 N–H and O–H groups in total. The highest BCUT2D eigenvalue weighted by Gasteiger charge is 2.25. The summed E-state index contributed by atoms with van der Waals surface area (Å²) in [6, 6.07) is 6.38. The average Bonchev–Trinajstić information content (AvgIpc) is 2.35. The van der Waals surface area contributed by atoms with Gasteiger partial charge >= 0.3 is 0 Å². The fraction of sp³-hybridized carbons (Fsp3) is 0.556. The zero-order chi connectivity index (χ0) is 17.0. The molecule has 0 aliphatic heterocycles. The summed E-state index contributed by atoms with van der Waals surface area (Å²) in [4.78, 5) is 23.1. The Labute approximate surface area is 133 Å². The van der Waals surface area contributed by atoms with E-state index >= 15 is 0 Å². The van der Waals surface area contributed by atoms with Crippen molar-refractivity contribution in [1.29, 1.82) is 0 Å². The number of primary amides is 1. The van der Waals surface area contributed by atoms with Gasteiger partial charge in [0.25, 0.3) is 5.91 Å². The van der Waals surface area contributed by atoms with Crippen molar-refractivity contribution in [2.24, 2.45) is 16.6 Å². The Morgan fingerprint density at radius 3 is 1.95 bits per heavy atom. The van der Waals surface area contributed by atoms with Crippen LogP contribution in [0.4, 0.5) is 0 Å². The first-order chi connectivity index (χ1) is 10.0. The predicted octanol–water partition coefficient (Wildman–Crippen LogP) is 3.37. The van der Waals surface area contributed by atoms with E-state index in [-0.39, 0.29) is 16.7 Å². The van der Waals surface area contributed by atoms with Gasteiger partial charge in [-0.1, -0.05) is 34.6 Å². The van der Waals surface area contributed by atoms with Crippen LogP contribution < -0.4 is 11.1 Å². The zero-order valence-electron chi connectivity index (χ0n) is 14.3. The van der Waals surface area contributed by atoms with Crippen molar-refractivity contribution in [3.05, 3.63) is 35.4 Å². The van der Waals surface area contributed by atoms with Crippen molar-refractivity contribution in [2.75, 3.05) is 6.54 Å². The third-order valence-corrected chi connectivity index (χ3v) is 3.53. The molecule has 2 amide bonds. The van der Waals surface area contributed by atoms with Gasteiger partial charge in [0.1, 0.15) is 0 Å². The maximum absolute atomic E-state index is 12.1. The number of benzene rings is 1. The van der Waals surface area contributed by atoms with Gasteiger partial charge in [-0.2, -0.15) is 0 Å². The molecule has 22 heavy (non-hydrogen) atoms. The standard InChI is InChI=1S/C18H28N2O2/c1-17(2,3)12-18(4,5)10-11-20-16(22)14-8-6-13(7-9-14)15(19)21/h6-9H,10-12H2,1-5H3,(H2,19,21)(H,20,22). The number of amides is 2. The fourth-order valence-corrected chi connectivity index (χ4v) is 2.93. The lowest BCUT2D eigenvalue weighted by atomic mass is 9.74. The summed E-state index contributed by atoms with van der Waals surface area (Å²) in [5.74, 6) is -0.613. The van der Waals surface area contributed by atoms with E-state index in [1.54, 1.807) is 24.3 Å². The van der Waals surface area contributed by atoms with Gasteiger partial charge in [-0.25, -0.2) is 0 Å². The molecular formula is C18H28N2O2. The maximum Gasteiger partial charge on any atom is 0.251 e. The van der Waals surface area contributed by atoms with E-state index in [0.717, 1.165) is 12.8 Å². The molecule has 0 saturated carbocycles. The van der Waals surface area contributed by atoms with E-state index in [0.29, 0.717) is 17.7 Å². The van der Waals surface area contributed by atoms with E-state index in [1.165, 1.54) is 0 Å². The predicted molar refractivity (Wildman–Crippen MR) is 89.8 cm³/mol. The molecule has 0 radical (unpaired) electrons. The number of carbonyl (C=O) groups excluding carboxylic acids is 2. The lowest BCUT2D eigenvalue weighted by Crippen LogP contribution is -2.30. The number of nitrogens with one attached hydrogen (secondary N) is 1. The van der Waals surface area contributed by atoms with Crippen LogP contribution in [0, 0.1) is 10.8 Å². The lowest BCUT2D eigenvalue weighted by Gasteiger charge is -2.32. The molecule has 0 saturated heterocycles. The summed E-state index contributed by atoms with van der Waals surface area (Å²) in [6.07, 6.45) is 2.03. The minimum atomic E-state index is -0.490. The van der Waals surface area contributed by atoms with Crippen molar-refractivity contribution < 1.29 is 9.59 Å². The zero-order valence-corrected chi connectivity index (χ0v) is 14.3. The molecule has 1 aromatic rings. The molecule has 0 aliphatic rings. The highest BCUT2D eigenvalue weighted by Crippen LogP contribution is 2.35. The smallest absolute Gasteiger partial charge is 0.251 e. The van der Waals surface area contributed by atoms with Gasteiger partial charge in [0.2, 0.25) is 5.91 Å². The second-order valence-electron chi connectivity index (χ2n) is 7.85. The topological polar surface area (TPSA) is 72.2 Å². The Balaban J connectivity index is 2.51. The Morgan fingerprint density at radius 2 is 1.50 bits per heavy atom. The van der Waals surface area contributed by atoms with Crippen LogP contribution in [0.3, 0.4) is 0 Å². The van der Waals surface area contributed by atoms with E-state index in [1.807, 2.05) is 0 Å². The number of nitrogens with two attached hydrogens (primary N) is 1. The van der Waals surface area contributed by atoms with Gasteiger partial charge in [0, 0.05) is 17.7 Å². The van der Waals surface area contributed by atoms with Crippen LogP contribution in [0.1, 0.15) is 68.2 Å². The van der Waals surface area contributed by atoms with Gasteiger partial charge in [-0.3, -0.25) is 9.59 Å². The Hall–Kier alpha value is -1.84. The number of carbonyl (C=O) groups is 2. The fourth-order valence-electron chi connectivity index (χ4n) is 2.93. The van der Waals surface area contributed by atoms with Gasteiger partial charge < -0.3 is 11.1 Å². The first-order valence-corrected chi connectivity index (χ1v) is 7.68. The van der Waals surface area contributed by atoms with E-state index in [4.69, 9.17) is 5.73 Å². The minimum Gasteiger partial charge on any atom is -0.366 e. The van der Waals surface area contributed by atoms with Gasteiger partial charge in [-0.15, -0.1) is 0 Å².